The van der Waals surface area contributed by atoms with Crippen molar-refractivity contribution in [3.8, 4) is 0 Å². The molecule has 1 saturated carbocycles. The highest BCUT2D eigenvalue weighted by Crippen LogP contribution is 2.45. The zero-order valence-corrected chi connectivity index (χ0v) is 17.4. The lowest BCUT2D eigenvalue weighted by molar-refractivity contribution is -0.0696. The Morgan fingerprint density at radius 3 is 2.62 bits per heavy atom. The summed E-state index contributed by atoms with van der Waals surface area (Å²) in [5, 5.41) is 13.9. The number of halogens is 2. The number of likely N-dealkylation sites (N-methyl/N-ethyl adjacent to an activating group) is 1. The van der Waals surface area contributed by atoms with Gasteiger partial charge in [0.05, 0.1) is 6.54 Å². The van der Waals surface area contributed by atoms with E-state index in [2.05, 4.69) is 22.6 Å². The SMILES string of the molecule is CN1CCc2c(c3cc(Cl)ccc3n2CC(O)(c2ccc(F)cc2)C2CCC2)C1. The van der Waals surface area contributed by atoms with Crippen LogP contribution < -0.4 is 0 Å². The summed E-state index contributed by atoms with van der Waals surface area (Å²) in [4.78, 5) is 2.32. The van der Waals surface area contributed by atoms with E-state index in [1.807, 2.05) is 12.1 Å². The lowest BCUT2D eigenvalue weighted by Crippen LogP contribution is -2.43. The summed E-state index contributed by atoms with van der Waals surface area (Å²) in [5.41, 5.74) is 3.52. The van der Waals surface area contributed by atoms with Gasteiger partial charge in [0.1, 0.15) is 11.4 Å². The molecule has 0 amide bonds. The average molecular weight is 413 g/mol. The third-order valence-electron chi connectivity index (χ3n) is 6.93. The molecule has 0 radical (unpaired) electrons. The fourth-order valence-electron chi connectivity index (χ4n) is 5.06. The van der Waals surface area contributed by atoms with Gasteiger partial charge in [-0.2, -0.15) is 0 Å². The summed E-state index contributed by atoms with van der Waals surface area (Å²) >= 11 is 6.32. The van der Waals surface area contributed by atoms with Crippen molar-refractivity contribution in [1.29, 1.82) is 0 Å². The van der Waals surface area contributed by atoms with Gasteiger partial charge in [0.25, 0.3) is 0 Å². The Bertz CT molecular complexity index is 1060. The second-order valence-electron chi connectivity index (χ2n) is 8.72. The molecule has 152 valence electrons. The van der Waals surface area contributed by atoms with Gasteiger partial charge < -0.3 is 14.6 Å². The lowest BCUT2D eigenvalue weighted by Gasteiger charge is -2.43. The molecule has 2 aromatic carbocycles. The van der Waals surface area contributed by atoms with E-state index < -0.39 is 5.60 Å². The van der Waals surface area contributed by atoms with Gasteiger partial charge in [0.15, 0.2) is 0 Å². The molecular formula is C24H26ClFN2O. The van der Waals surface area contributed by atoms with Crippen LogP contribution in [0.3, 0.4) is 0 Å². The first-order valence-corrected chi connectivity index (χ1v) is 10.8. The van der Waals surface area contributed by atoms with Crippen LogP contribution in [0.1, 0.15) is 36.1 Å². The number of rotatable bonds is 4. The predicted octanol–water partition coefficient (Wildman–Crippen LogP) is 5.11. The van der Waals surface area contributed by atoms with Crippen LogP contribution in [0.5, 0.6) is 0 Å². The Kier molecular flexibility index (Phi) is 4.69. The fourth-order valence-corrected chi connectivity index (χ4v) is 5.23. The lowest BCUT2D eigenvalue weighted by atomic mass is 9.69. The highest BCUT2D eigenvalue weighted by atomic mass is 35.5. The van der Waals surface area contributed by atoms with Gasteiger partial charge in [-0.25, -0.2) is 4.39 Å². The van der Waals surface area contributed by atoms with Crippen LogP contribution in [0.2, 0.25) is 5.02 Å². The molecule has 5 rings (SSSR count). The second kappa shape index (κ2) is 7.12. The van der Waals surface area contributed by atoms with Gasteiger partial charge in [-0.15, -0.1) is 0 Å². The van der Waals surface area contributed by atoms with Crippen molar-refractivity contribution in [3.63, 3.8) is 0 Å². The molecule has 1 aliphatic heterocycles. The second-order valence-corrected chi connectivity index (χ2v) is 9.16. The molecule has 3 nitrogen and oxygen atoms in total. The van der Waals surface area contributed by atoms with Crippen LogP contribution in [-0.4, -0.2) is 28.2 Å². The van der Waals surface area contributed by atoms with Crippen molar-refractivity contribution in [2.45, 2.75) is 44.4 Å². The molecular weight excluding hydrogens is 387 g/mol. The van der Waals surface area contributed by atoms with E-state index in [9.17, 15) is 9.50 Å². The number of benzene rings is 2. The van der Waals surface area contributed by atoms with Gasteiger partial charge in [-0.3, -0.25) is 0 Å². The third-order valence-corrected chi connectivity index (χ3v) is 7.17. The molecule has 0 spiro atoms. The van der Waals surface area contributed by atoms with Crippen molar-refractivity contribution < 1.29 is 9.50 Å². The highest BCUT2D eigenvalue weighted by Gasteiger charge is 2.43. The highest BCUT2D eigenvalue weighted by molar-refractivity contribution is 6.31. The summed E-state index contributed by atoms with van der Waals surface area (Å²) in [5.74, 6) is -0.0780. The van der Waals surface area contributed by atoms with Gasteiger partial charge in [-0.1, -0.05) is 30.2 Å². The van der Waals surface area contributed by atoms with E-state index in [-0.39, 0.29) is 11.7 Å². The maximum atomic E-state index is 13.6. The standard InChI is InChI=1S/C24H26ClFN2O/c1-27-12-11-23-21(14-27)20-13-18(25)7-10-22(20)28(23)15-24(29,16-3-2-4-16)17-5-8-19(26)9-6-17/h5-10,13,16,29H,2-4,11-12,14-15H2,1H3. The summed E-state index contributed by atoms with van der Waals surface area (Å²) < 4.78 is 15.9. The van der Waals surface area contributed by atoms with Gasteiger partial charge >= 0.3 is 0 Å². The topological polar surface area (TPSA) is 28.4 Å². The molecule has 0 saturated heterocycles. The molecule has 1 aliphatic carbocycles. The van der Waals surface area contributed by atoms with Crippen LogP contribution in [0.15, 0.2) is 42.5 Å². The zero-order valence-electron chi connectivity index (χ0n) is 16.7. The number of fused-ring (bicyclic) bond motifs is 3. The Morgan fingerprint density at radius 1 is 1.17 bits per heavy atom. The van der Waals surface area contributed by atoms with E-state index in [4.69, 9.17) is 11.6 Å². The minimum Gasteiger partial charge on any atom is -0.383 e. The minimum atomic E-state index is -1.01. The van der Waals surface area contributed by atoms with Crippen LogP contribution in [0, 0.1) is 11.7 Å². The Labute approximate surface area is 175 Å². The molecule has 0 bridgehead atoms. The Balaban J connectivity index is 1.65. The van der Waals surface area contributed by atoms with E-state index in [0.717, 1.165) is 54.9 Å². The molecule has 1 aromatic heterocycles. The molecule has 1 unspecified atom stereocenters. The van der Waals surface area contributed by atoms with Crippen LogP contribution in [0.4, 0.5) is 4.39 Å². The van der Waals surface area contributed by atoms with Gasteiger partial charge in [0.2, 0.25) is 0 Å². The first-order valence-electron chi connectivity index (χ1n) is 10.4. The van der Waals surface area contributed by atoms with Crippen LogP contribution in [-0.2, 0) is 25.1 Å². The molecule has 1 fully saturated rings. The molecule has 1 atom stereocenters. The number of aliphatic hydroxyl groups is 1. The quantitative estimate of drug-likeness (QED) is 0.645. The minimum absolute atomic E-state index is 0.194. The van der Waals surface area contributed by atoms with Crippen molar-refractivity contribution in [3.05, 3.63) is 70.1 Å². The maximum Gasteiger partial charge on any atom is 0.123 e. The summed E-state index contributed by atoms with van der Waals surface area (Å²) in [6.07, 6.45) is 4.09. The number of hydrogen-bond acceptors (Lipinski definition) is 2. The summed E-state index contributed by atoms with van der Waals surface area (Å²) in [6.45, 7) is 2.37. The number of nitrogens with zero attached hydrogens (tertiary/aromatic N) is 2. The molecule has 2 heterocycles. The summed E-state index contributed by atoms with van der Waals surface area (Å²) in [6, 6.07) is 12.4. The van der Waals surface area contributed by atoms with Crippen molar-refractivity contribution in [1.82, 2.24) is 9.47 Å². The van der Waals surface area contributed by atoms with E-state index in [1.54, 1.807) is 12.1 Å². The Hall–Kier alpha value is -1.88. The molecule has 5 heteroatoms. The van der Waals surface area contributed by atoms with Gasteiger partial charge in [0, 0.05) is 41.1 Å². The van der Waals surface area contributed by atoms with Gasteiger partial charge in [-0.05, 0) is 67.3 Å². The van der Waals surface area contributed by atoms with Crippen molar-refractivity contribution >= 4 is 22.5 Å². The Morgan fingerprint density at radius 2 is 1.93 bits per heavy atom. The molecule has 1 N–H and O–H groups in total. The largest absolute Gasteiger partial charge is 0.383 e. The van der Waals surface area contributed by atoms with E-state index >= 15 is 0 Å². The first-order chi connectivity index (χ1) is 14.0. The predicted molar refractivity (Wildman–Crippen MR) is 115 cm³/mol. The summed E-state index contributed by atoms with van der Waals surface area (Å²) in [7, 11) is 2.14. The van der Waals surface area contributed by atoms with Crippen LogP contribution >= 0.6 is 11.6 Å². The van der Waals surface area contributed by atoms with Crippen molar-refractivity contribution in [2.75, 3.05) is 13.6 Å². The fraction of sp³-hybridized carbons (Fsp3) is 0.417. The zero-order chi connectivity index (χ0) is 20.2. The monoisotopic (exact) mass is 412 g/mol. The molecule has 29 heavy (non-hydrogen) atoms. The maximum absolute atomic E-state index is 13.6. The third kappa shape index (κ3) is 3.18. The number of aromatic nitrogens is 1. The van der Waals surface area contributed by atoms with E-state index in [1.165, 1.54) is 28.8 Å². The molecule has 2 aliphatic rings. The first kappa shape index (κ1) is 19.1. The van der Waals surface area contributed by atoms with Crippen LogP contribution in [0.25, 0.3) is 10.9 Å². The van der Waals surface area contributed by atoms with Crippen molar-refractivity contribution in [2.24, 2.45) is 5.92 Å². The average Bonchev–Trinajstić information content (AvgIpc) is 2.93. The smallest absolute Gasteiger partial charge is 0.123 e. The van der Waals surface area contributed by atoms with E-state index in [0.29, 0.717) is 6.54 Å². The molecule has 3 aromatic rings. The normalized spacial score (nSPS) is 19.7. The number of hydrogen-bond donors (Lipinski definition) is 1.